The molecule has 2 saturated heterocycles. The highest BCUT2D eigenvalue weighted by Crippen LogP contribution is 2.35. The topological polar surface area (TPSA) is 35.6 Å². The molecule has 0 saturated carbocycles. The van der Waals surface area contributed by atoms with Crippen molar-refractivity contribution in [2.45, 2.75) is 25.2 Å². The van der Waals surface area contributed by atoms with Gasteiger partial charge in [-0.2, -0.15) is 0 Å². The number of amides is 2. The summed E-state index contributed by atoms with van der Waals surface area (Å²) < 4.78 is 0. The van der Waals surface area contributed by atoms with Crippen molar-refractivity contribution >= 4 is 17.6 Å². The van der Waals surface area contributed by atoms with E-state index in [2.05, 4.69) is 29.3 Å². The van der Waals surface area contributed by atoms with Crippen molar-refractivity contribution < 1.29 is 4.79 Å². The summed E-state index contributed by atoms with van der Waals surface area (Å²) in [5.74, 6) is 0. The van der Waals surface area contributed by atoms with Crippen LogP contribution in [-0.4, -0.2) is 55.1 Å². The fourth-order valence-corrected chi connectivity index (χ4v) is 3.60. The van der Waals surface area contributed by atoms with Gasteiger partial charge in [-0.25, -0.2) is 4.79 Å². The van der Waals surface area contributed by atoms with Crippen molar-refractivity contribution in [1.82, 2.24) is 15.1 Å². The van der Waals surface area contributed by atoms with Gasteiger partial charge in [0.25, 0.3) is 0 Å². The number of carbonyl (C=O) groups is 1. The summed E-state index contributed by atoms with van der Waals surface area (Å²) in [5, 5.41) is 3.67. The van der Waals surface area contributed by atoms with Gasteiger partial charge < -0.3 is 15.1 Å². The van der Waals surface area contributed by atoms with Crippen LogP contribution in [-0.2, 0) is 5.41 Å². The molecule has 2 aliphatic rings. The molecule has 0 aliphatic carbocycles. The van der Waals surface area contributed by atoms with Crippen molar-refractivity contribution in [3.63, 3.8) is 0 Å². The molecule has 2 heterocycles. The van der Waals surface area contributed by atoms with Crippen LogP contribution in [0, 0.1) is 0 Å². The summed E-state index contributed by atoms with van der Waals surface area (Å²) in [5.41, 5.74) is 1.56. The summed E-state index contributed by atoms with van der Waals surface area (Å²) in [7, 11) is 0. The molecular weight excluding hydrogens is 298 g/mol. The summed E-state index contributed by atoms with van der Waals surface area (Å²) in [6.45, 7) is 7.93. The van der Waals surface area contributed by atoms with E-state index in [0.29, 0.717) is 0 Å². The number of nitrogens with one attached hydrogen (secondary N) is 1. The van der Waals surface area contributed by atoms with E-state index in [0.717, 1.165) is 57.1 Å². The number of urea groups is 1. The first kappa shape index (κ1) is 15.6. The molecule has 2 aliphatic heterocycles. The Hall–Kier alpha value is -1.26. The Labute approximate surface area is 137 Å². The maximum Gasteiger partial charge on any atom is 0.317 e. The number of likely N-dealkylation sites (tertiary alicyclic amines) is 1. The minimum absolute atomic E-state index is 0.0841. The zero-order valence-electron chi connectivity index (χ0n) is 13.1. The smallest absolute Gasteiger partial charge is 0.317 e. The second-order valence-corrected chi connectivity index (χ2v) is 7.07. The van der Waals surface area contributed by atoms with E-state index >= 15 is 0 Å². The molecular formula is C17H24ClN3O. The first-order valence-electron chi connectivity index (χ1n) is 8.08. The third kappa shape index (κ3) is 3.39. The zero-order valence-corrected chi connectivity index (χ0v) is 13.9. The van der Waals surface area contributed by atoms with Crippen molar-refractivity contribution in [2.75, 3.05) is 39.3 Å². The molecule has 0 bridgehead atoms. The molecule has 1 aromatic rings. The molecule has 0 atom stereocenters. The molecule has 1 aromatic carbocycles. The van der Waals surface area contributed by atoms with Gasteiger partial charge in [0.15, 0.2) is 0 Å². The van der Waals surface area contributed by atoms with Crippen molar-refractivity contribution in [2.24, 2.45) is 0 Å². The van der Waals surface area contributed by atoms with E-state index in [9.17, 15) is 4.79 Å². The molecule has 3 rings (SSSR count). The van der Waals surface area contributed by atoms with Crippen LogP contribution in [0.25, 0.3) is 0 Å². The second kappa shape index (κ2) is 6.47. The first-order chi connectivity index (χ1) is 10.6. The summed E-state index contributed by atoms with van der Waals surface area (Å²) in [6.07, 6.45) is 2.28. The number of nitrogens with zero attached hydrogens (tertiary/aromatic N) is 2. The van der Waals surface area contributed by atoms with Gasteiger partial charge in [-0.05, 0) is 49.0 Å². The monoisotopic (exact) mass is 321 g/mol. The van der Waals surface area contributed by atoms with Gasteiger partial charge in [-0.15, -0.1) is 0 Å². The third-order valence-electron chi connectivity index (χ3n) is 5.11. The fourth-order valence-electron chi connectivity index (χ4n) is 3.41. The number of carbonyl (C=O) groups excluding carboxylic acids is 1. The van der Waals surface area contributed by atoms with Crippen molar-refractivity contribution in [3.05, 3.63) is 34.9 Å². The van der Waals surface area contributed by atoms with Gasteiger partial charge in [0.1, 0.15) is 0 Å². The second-order valence-electron chi connectivity index (χ2n) is 6.63. The maximum absolute atomic E-state index is 11.6. The highest BCUT2D eigenvalue weighted by atomic mass is 35.5. The minimum Gasteiger partial charge on any atom is -0.336 e. The van der Waals surface area contributed by atoms with Gasteiger partial charge in [0, 0.05) is 31.2 Å². The Morgan fingerprint density at radius 2 is 2.00 bits per heavy atom. The fraction of sp³-hybridized carbons (Fsp3) is 0.588. The van der Waals surface area contributed by atoms with Gasteiger partial charge in [0.05, 0.1) is 0 Å². The van der Waals surface area contributed by atoms with E-state index in [1.165, 1.54) is 5.56 Å². The third-order valence-corrected chi connectivity index (χ3v) is 5.35. The molecule has 5 heteroatoms. The lowest BCUT2D eigenvalue weighted by atomic mass is 9.74. The zero-order chi connectivity index (χ0) is 15.6. The summed E-state index contributed by atoms with van der Waals surface area (Å²) in [6, 6.07) is 8.36. The van der Waals surface area contributed by atoms with Crippen LogP contribution in [0.5, 0.6) is 0 Å². The van der Waals surface area contributed by atoms with E-state index in [1.54, 1.807) is 0 Å². The molecule has 0 unspecified atom stereocenters. The number of hydrogen-bond donors (Lipinski definition) is 1. The van der Waals surface area contributed by atoms with Crippen LogP contribution in [0.15, 0.2) is 24.3 Å². The standard InChI is InChI=1S/C17H24ClN3O/c1-17(14-3-2-4-15(18)13-14)5-8-20(9-6-17)11-12-21-10-7-19-16(21)22/h2-4,13H,5-12H2,1H3,(H,19,22). The van der Waals surface area contributed by atoms with E-state index in [4.69, 9.17) is 11.6 Å². The Kier molecular flexibility index (Phi) is 4.59. The summed E-state index contributed by atoms with van der Waals surface area (Å²) in [4.78, 5) is 15.9. The van der Waals surface area contributed by atoms with Gasteiger partial charge >= 0.3 is 6.03 Å². The summed E-state index contributed by atoms with van der Waals surface area (Å²) >= 11 is 6.14. The number of halogens is 1. The quantitative estimate of drug-likeness (QED) is 0.925. The lowest BCUT2D eigenvalue weighted by Gasteiger charge is -2.40. The normalized spacial score (nSPS) is 21.9. The minimum atomic E-state index is 0.0841. The van der Waals surface area contributed by atoms with Crippen LogP contribution in [0.3, 0.4) is 0 Å². The largest absolute Gasteiger partial charge is 0.336 e. The highest BCUT2D eigenvalue weighted by Gasteiger charge is 2.32. The Morgan fingerprint density at radius 1 is 1.23 bits per heavy atom. The van der Waals surface area contributed by atoms with Crippen LogP contribution in [0.4, 0.5) is 4.79 Å². The average molecular weight is 322 g/mol. The predicted molar refractivity (Wildman–Crippen MR) is 89.4 cm³/mol. The Bertz CT molecular complexity index is 540. The van der Waals surface area contributed by atoms with E-state index in [1.807, 2.05) is 17.0 Å². The molecule has 120 valence electrons. The molecule has 1 N–H and O–H groups in total. The predicted octanol–water partition coefficient (Wildman–Crippen LogP) is 2.72. The van der Waals surface area contributed by atoms with Crippen molar-refractivity contribution in [1.29, 1.82) is 0 Å². The van der Waals surface area contributed by atoms with Crippen molar-refractivity contribution in [3.8, 4) is 0 Å². The lowest BCUT2D eigenvalue weighted by molar-refractivity contribution is 0.153. The van der Waals surface area contributed by atoms with Gasteiger partial charge in [-0.3, -0.25) is 0 Å². The first-order valence-corrected chi connectivity index (χ1v) is 8.46. The molecule has 0 aromatic heterocycles. The van der Waals surface area contributed by atoms with E-state index < -0.39 is 0 Å². The molecule has 22 heavy (non-hydrogen) atoms. The van der Waals surface area contributed by atoms with Crippen LogP contribution in [0.1, 0.15) is 25.3 Å². The van der Waals surface area contributed by atoms with Crippen LogP contribution < -0.4 is 5.32 Å². The average Bonchev–Trinajstić information content (AvgIpc) is 2.92. The van der Waals surface area contributed by atoms with Crippen LogP contribution in [0.2, 0.25) is 5.02 Å². The molecule has 2 fully saturated rings. The van der Waals surface area contributed by atoms with Crippen LogP contribution >= 0.6 is 11.6 Å². The Morgan fingerprint density at radius 3 is 2.64 bits per heavy atom. The Balaban J connectivity index is 1.52. The number of hydrogen-bond acceptors (Lipinski definition) is 2. The van der Waals surface area contributed by atoms with Gasteiger partial charge in [-0.1, -0.05) is 30.7 Å². The number of piperidine rings is 1. The maximum atomic E-state index is 11.6. The van der Waals surface area contributed by atoms with E-state index in [-0.39, 0.29) is 11.4 Å². The number of rotatable bonds is 4. The SMILES string of the molecule is CC1(c2cccc(Cl)c2)CCN(CCN2CCNC2=O)CC1. The highest BCUT2D eigenvalue weighted by molar-refractivity contribution is 6.30. The van der Waals surface area contributed by atoms with Gasteiger partial charge in [0.2, 0.25) is 0 Å². The molecule has 4 nitrogen and oxygen atoms in total. The lowest BCUT2D eigenvalue weighted by Crippen LogP contribution is -2.44. The molecule has 0 radical (unpaired) electrons. The molecule has 2 amide bonds. The molecule has 0 spiro atoms. The number of benzene rings is 1.